The van der Waals surface area contributed by atoms with Crippen molar-refractivity contribution in [1.82, 2.24) is 4.90 Å². The number of hydrogen-bond acceptors (Lipinski definition) is 6. The van der Waals surface area contributed by atoms with E-state index < -0.39 is 28.5 Å². The van der Waals surface area contributed by atoms with Crippen LogP contribution in [0.15, 0.2) is 83.6 Å². The average Bonchev–Trinajstić information content (AvgIpc) is 2.97. The average molecular weight is 427 g/mol. The van der Waals surface area contributed by atoms with Gasteiger partial charge in [-0.1, -0.05) is 54.6 Å². The van der Waals surface area contributed by atoms with Crippen LogP contribution < -0.4 is 0 Å². The van der Waals surface area contributed by atoms with Crippen molar-refractivity contribution in [1.29, 1.82) is 0 Å². The molecule has 2 atom stereocenters. The highest BCUT2D eigenvalue weighted by atomic mass is 16.3. The number of nitrogens with zero attached hydrogens (tertiary/aromatic N) is 1. The van der Waals surface area contributed by atoms with Crippen LogP contribution in [0.4, 0.5) is 0 Å². The summed E-state index contributed by atoms with van der Waals surface area (Å²) in [5.74, 6) is -2.02. The molecule has 1 aliphatic heterocycles. The number of aliphatic hydroxyl groups is 2. The monoisotopic (exact) mass is 427 g/mol. The molecule has 2 N–H and O–H groups in total. The highest BCUT2D eigenvalue weighted by molar-refractivity contribution is 6.27. The molecule has 160 valence electrons. The minimum atomic E-state index is -2.05. The SMILES string of the molecule is CC(=O)C1=C(C)N(Cc2ccccc2)C2(O)C=CC(=O)C3=C(O)c4ccccc4C(=O)C312. The first-order valence-electron chi connectivity index (χ1n) is 10.3. The molecule has 1 heterocycles. The number of rotatable bonds is 3. The van der Waals surface area contributed by atoms with Gasteiger partial charge in [-0.05, 0) is 31.6 Å². The van der Waals surface area contributed by atoms with E-state index in [0.29, 0.717) is 5.70 Å². The molecule has 3 aliphatic rings. The summed E-state index contributed by atoms with van der Waals surface area (Å²) in [6, 6.07) is 15.7. The Morgan fingerprint density at radius 3 is 2.28 bits per heavy atom. The zero-order valence-corrected chi connectivity index (χ0v) is 17.6. The van der Waals surface area contributed by atoms with Crippen molar-refractivity contribution in [2.75, 3.05) is 0 Å². The summed E-state index contributed by atoms with van der Waals surface area (Å²) in [7, 11) is 0. The summed E-state index contributed by atoms with van der Waals surface area (Å²) >= 11 is 0. The van der Waals surface area contributed by atoms with Gasteiger partial charge in [0.05, 0.1) is 5.57 Å². The van der Waals surface area contributed by atoms with Crippen molar-refractivity contribution in [3.63, 3.8) is 0 Å². The van der Waals surface area contributed by atoms with Crippen LogP contribution in [0.25, 0.3) is 5.76 Å². The molecule has 0 bridgehead atoms. The lowest BCUT2D eigenvalue weighted by molar-refractivity contribution is -0.124. The van der Waals surface area contributed by atoms with Gasteiger partial charge in [0.2, 0.25) is 0 Å². The van der Waals surface area contributed by atoms with Gasteiger partial charge >= 0.3 is 0 Å². The number of Topliss-reactive ketones (excluding diaryl/α,β-unsaturated/α-hetero) is 2. The van der Waals surface area contributed by atoms with Crippen LogP contribution in [0, 0.1) is 5.41 Å². The third kappa shape index (κ3) is 2.25. The van der Waals surface area contributed by atoms with Crippen molar-refractivity contribution in [2.45, 2.75) is 26.1 Å². The molecule has 5 rings (SSSR count). The second kappa shape index (κ2) is 6.61. The first-order valence-corrected chi connectivity index (χ1v) is 10.3. The summed E-state index contributed by atoms with van der Waals surface area (Å²) in [5.41, 5.74) is -2.72. The minimum Gasteiger partial charge on any atom is -0.507 e. The molecule has 0 saturated heterocycles. The third-order valence-corrected chi connectivity index (χ3v) is 6.73. The van der Waals surface area contributed by atoms with Crippen LogP contribution in [-0.2, 0) is 16.1 Å². The standard InChI is InChI=1S/C26H21NO5/c1-15-21(16(2)28)26-22(23(30)18-10-6-7-11-19(18)24(26)31)20(29)12-13-25(26,32)27(15)14-17-8-4-3-5-9-17/h3-13,30,32H,14H2,1-2H3. The Balaban J connectivity index is 1.87. The van der Waals surface area contributed by atoms with Crippen molar-refractivity contribution >= 4 is 23.1 Å². The third-order valence-electron chi connectivity index (χ3n) is 6.73. The van der Waals surface area contributed by atoms with Crippen molar-refractivity contribution in [3.8, 4) is 0 Å². The zero-order valence-electron chi connectivity index (χ0n) is 17.6. The number of carbonyl (C=O) groups is 3. The second-order valence-corrected chi connectivity index (χ2v) is 8.36. The molecule has 32 heavy (non-hydrogen) atoms. The normalized spacial score (nSPS) is 26.3. The van der Waals surface area contributed by atoms with E-state index in [9.17, 15) is 24.6 Å². The molecule has 0 fully saturated rings. The predicted molar refractivity (Wildman–Crippen MR) is 117 cm³/mol. The zero-order chi connectivity index (χ0) is 22.8. The molecule has 2 aliphatic carbocycles. The second-order valence-electron chi connectivity index (χ2n) is 8.36. The van der Waals surface area contributed by atoms with Crippen LogP contribution in [0.5, 0.6) is 0 Å². The first-order chi connectivity index (χ1) is 15.2. The number of ketones is 3. The highest BCUT2D eigenvalue weighted by Crippen LogP contribution is 2.62. The molecule has 2 unspecified atom stereocenters. The van der Waals surface area contributed by atoms with E-state index in [-0.39, 0.29) is 34.6 Å². The van der Waals surface area contributed by atoms with E-state index in [1.807, 2.05) is 30.3 Å². The van der Waals surface area contributed by atoms with Gasteiger partial charge in [-0.3, -0.25) is 14.4 Å². The maximum atomic E-state index is 14.1. The molecule has 1 spiro atoms. The van der Waals surface area contributed by atoms with Crippen LogP contribution in [-0.4, -0.2) is 38.2 Å². The fourth-order valence-corrected chi connectivity index (χ4v) is 5.47. The lowest BCUT2D eigenvalue weighted by Crippen LogP contribution is -2.62. The smallest absolute Gasteiger partial charge is 0.186 e. The van der Waals surface area contributed by atoms with E-state index in [0.717, 1.165) is 5.56 Å². The van der Waals surface area contributed by atoms with Crippen LogP contribution in [0.1, 0.15) is 35.3 Å². The Bertz CT molecular complexity index is 1300. The molecule has 0 radical (unpaired) electrons. The van der Waals surface area contributed by atoms with Gasteiger partial charge in [-0.25, -0.2) is 0 Å². The highest BCUT2D eigenvalue weighted by Gasteiger charge is 2.72. The fraction of sp³-hybridized carbons (Fsp3) is 0.192. The maximum absolute atomic E-state index is 14.1. The summed E-state index contributed by atoms with van der Waals surface area (Å²) < 4.78 is 0. The van der Waals surface area contributed by atoms with E-state index in [1.54, 1.807) is 30.0 Å². The van der Waals surface area contributed by atoms with Gasteiger partial charge < -0.3 is 15.1 Å². The summed E-state index contributed by atoms with van der Waals surface area (Å²) in [6.07, 6.45) is 2.44. The van der Waals surface area contributed by atoms with E-state index in [2.05, 4.69) is 0 Å². The van der Waals surface area contributed by atoms with Gasteiger partial charge in [-0.2, -0.15) is 0 Å². The van der Waals surface area contributed by atoms with Gasteiger partial charge in [0.15, 0.2) is 23.1 Å². The number of allylic oxidation sites excluding steroid dienone is 2. The first kappa shape index (κ1) is 20.2. The molecule has 0 aromatic heterocycles. The Kier molecular flexibility index (Phi) is 4.16. The molecule has 0 saturated carbocycles. The Morgan fingerprint density at radius 1 is 1.00 bits per heavy atom. The Morgan fingerprint density at radius 2 is 1.62 bits per heavy atom. The lowest BCUT2D eigenvalue weighted by Gasteiger charge is -2.49. The van der Waals surface area contributed by atoms with Gasteiger partial charge in [-0.15, -0.1) is 0 Å². The molecule has 0 amide bonds. The number of fused-ring (bicyclic) bond motifs is 1. The molecule has 2 aromatic carbocycles. The van der Waals surface area contributed by atoms with Gasteiger partial charge in [0.1, 0.15) is 11.2 Å². The number of hydrogen-bond donors (Lipinski definition) is 2. The van der Waals surface area contributed by atoms with Gasteiger partial charge in [0, 0.05) is 28.9 Å². The van der Waals surface area contributed by atoms with Gasteiger partial charge in [0.25, 0.3) is 0 Å². The quantitative estimate of drug-likeness (QED) is 0.780. The van der Waals surface area contributed by atoms with Crippen molar-refractivity contribution in [2.24, 2.45) is 5.41 Å². The minimum absolute atomic E-state index is 0.0229. The molecule has 2 aromatic rings. The maximum Gasteiger partial charge on any atom is 0.186 e. The number of carbonyl (C=O) groups excluding carboxylic acids is 3. The Labute approximate surface area is 184 Å². The van der Waals surface area contributed by atoms with E-state index in [4.69, 9.17) is 0 Å². The largest absolute Gasteiger partial charge is 0.507 e. The fourth-order valence-electron chi connectivity index (χ4n) is 5.47. The number of benzene rings is 2. The topological polar surface area (TPSA) is 94.9 Å². The Hall–Kier alpha value is -3.77. The summed E-state index contributed by atoms with van der Waals surface area (Å²) in [5, 5.41) is 23.3. The molecule has 6 heteroatoms. The van der Waals surface area contributed by atoms with Crippen LogP contribution in [0.3, 0.4) is 0 Å². The molecular weight excluding hydrogens is 406 g/mol. The van der Waals surface area contributed by atoms with Crippen LogP contribution >= 0.6 is 0 Å². The molecule has 6 nitrogen and oxygen atoms in total. The summed E-state index contributed by atoms with van der Waals surface area (Å²) in [6.45, 7) is 3.17. The predicted octanol–water partition coefficient (Wildman–Crippen LogP) is 3.34. The lowest BCUT2D eigenvalue weighted by atomic mass is 9.56. The summed E-state index contributed by atoms with van der Waals surface area (Å²) in [4.78, 5) is 41.8. The van der Waals surface area contributed by atoms with Crippen LogP contribution in [0.2, 0.25) is 0 Å². The molecular formula is C26H21NO5. The number of aliphatic hydroxyl groups excluding tert-OH is 1. The van der Waals surface area contributed by atoms with E-state index >= 15 is 0 Å². The van der Waals surface area contributed by atoms with Crippen molar-refractivity contribution < 1.29 is 24.6 Å². The van der Waals surface area contributed by atoms with Crippen molar-refractivity contribution in [3.05, 3.63) is 100 Å². The van der Waals surface area contributed by atoms with E-state index in [1.165, 1.54) is 25.1 Å².